The van der Waals surface area contributed by atoms with Gasteiger partial charge in [-0.3, -0.25) is 0 Å². The van der Waals surface area contributed by atoms with Crippen LogP contribution in [0.25, 0.3) is 0 Å². The third-order valence-corrected chi connectivity index (χ3v) is 2.26. The Balaban J connectivity index is 3.06. The van der Waals surface area contributed by atoms with Gasteiger partial charge >= 0.3 is 5.97 Å². The zero-order chi connectivity index (χ0) is 10.0. The van der Waals surface area contributed by atoms with Gasteiger partial charge in [-0.25, -0.2) is 4.79 Å². The Morgan fingerprint density at radius 3 is 2.62 bits per heavy atom. The fraction of sp³-hybridized carbons (Fsp3) is 0.444. The molecule has 0 bridgehead atoms. The Morgan fingerprint density at radius 2 is 2.23 bits per heavy atom. The summed E-state index contributed by atoms with van der Waals surface area (Å²) in [5.74, 6) is -0.892. The third-order valence-electron chi connectivity index (χ3n) is 2.26. The summed E-state index contributed by atoms with van der Waals surface area (Å²) in [5, 5.41) is 11.9. The van der Waals surface area contributed by atoms with Crippen molar-refractivity contribution in [2.24, 2.45) is 7.05 Å². The van der Waals surface area contributed by atoms with E-state index in [9.17, 15) is 4.79 Å². The third kappa shape index (κ3) is 1.72. The van der Waals surface area contributed by atoms with Crippen LogP contribution in [-0.4, -0.2) is 22.7 Å². The highest BCUT2D eigenvalue weighted by atomic mass is 16.4. The molecule has 13 heavy (non-hydrogen) atoms. The number of hydrogen-bond acceptors (Lipinski definition) is 2. The lowest BCUT2D eigenvalue weighted by Crippen LogP contribution is -2.17. The van der Waals surface area contributed by atoms with Crippen molar-refractivity contribution in [2.75, 3.05) is 7.05 Å². The first-order valence-corrected chi connectivity index (χ1v) is 4.14. The van der Waals surface area contributed by atoms with E-state index in [-0.39, 0.29) is 6.04 Å². The van der Waals surface area contributed by atoms with Gasteiger partial charge in [-0.05, 0) is 26.1 Å². The van der Waals surface area contributed by atoms with Crippen LogP contribution in [0.2, 0.25) is 0 Å². The maximum Gasteiger partial charge on any atom is 0.352 e. The topological polar surface area (TPSA) is 54.3 Å². The zero-order valence-corrected chi connectivity index (χ0v) is 8.03. The Hall–Kier alpha value is -1.29. The molecule has 0 aliphatic rings. The molecule has 4 nitrogen and oxygen atoms in total. The van der Waals surface area contributed by atoms with Gasteiger partial charge in [0.2, 0.25) is 0 Å². The number of carboxylic acid groups (broad SMARTS) is 1. The molecule has 0 aliphatic heterocycles. The summed E-state index contributed by atoms with van der Waals surface area (Å²) in [7, 11) is 3.60. The van der Waals surface area contributed by atoms with Crippen LogP contribution >= 0.6 is 0 Å². The Bertz CT molecular complexity index is 317. The molecule has 1 atom stereocenters. The molecule has 0 aromatic carbocycles. The van der Waals surface area contributed by atoms with E-state index in [1.807, 2.05) is 20.0 Å². The minimum absolute atomic E-state index is 0.165. The van der Waals surface area contributed by atoms with Crippen LogP contribution in [0.15, 0.2) is 12.1 Å². The maximum atomic E-state index is 10.7. The van der Waals surface area contributed by atoms with Crippen molar-refractivity contribution >= 4 is 5.97 Å². The molecular formula is C9H14N2O2. The summed E-state index contributed by atoms with van der Waals surface area (Å²) in [6.07, 6.45) is 0. The summed E-state index contributed by atoms with van der Waals surface area (Å²) in [6.45, 7) is 1.99. The second kappa shape index (κ2) is 3.62. The molecular weight excluding hydrogens is 168 g/mol. The molecule has 0 fully saturated rings. The first-order valence-electron chi connectivity index (χ1n) is 4.14. The summed E-state index contributed by atoms with van der Waals surface area (Å²) < 4.78 is 1.68. The van der Waals surface area contributed by atoms with Gasteiger partial charge in [0.15, 0.2) is 0 Å². The van der Waals surface area contributed by atoms with Gasteiger partial charge in [0.05, 0.1) is 0 Å². The summed E-state index contributed by atoms with van der Waals surface area (Å²) in [5.41, 5.74) is 1.29. The summed E-state index contributed by atoms with van der Waals surface area (Å²) in [4.78, 5) is 10.7. The van der Waals surface area contributed by atoms with E-state index in [0.29, 0.717) is 5.69 Å². The predicted octanol–water partition coefficient (Wildman–Crippen LogP) is 1.00. The lowest BCUT2D eigenvalue weighted by Gasteiger charge is -2.12. The van der Waals surface area contributed by atoms with E-state index in [1.54, 1.807) is 17.7 Å². The monoisotopic (exact) mass is 182 g/mol. The average Bonchev–Trinajstić information content (AvgIpc) is 2.46. The van der Waals surface area contributed by atoms with Crippen LogP contribution in [0, 0.1) is 0 Å². The number of nitrogens with one attached hydrogen (secondary N) is 1. The molecule has 1 unspecified atom stereocenters. The van der Waals surface area contributed by atoms with Crippen molar-refractivity contribution in [3.63, 3.8) is 0 Å². The maximum absolute atomic E-state index is 10.7. The minimum atomic E-state index is -0.892. The number of aromatic carboxylic acids is 1. The molecule has 4 heteroatoms. The number of aromatic nitrogens is 1. The quantitative estimate of drug-likeness (QED) is 0.733. The summed E-state index contributed by atoms with van der Waals surface area (Å²) in [6, 6.07) is 3.61. The molecule has 0 radical (unpaired) electrons. The number of rotatable bonds is 3. The minimum Gasteiger partial charge on any atom is -0.477 e. The highest BCUT2D eigenvalue weighted by Gasteiger charge is 2.13. The first-order chi connectivity index (χ1) is 6.07. The largest absolute Gasteiger partial charge is 0.477 e. The van der Waals surface area contributed by atoms with Gasteiger partial charge in [0.1, 0.15) is 5.69 Å². The molecule has 0 saturated heterocycles. The number of hydrogen-bond donors (Lipinski definition) is 2. The highest BCUT2D eigenvalue weighted by Crippen LogP contribution is 2.14. The smallest absolute Gasteiger partial charge is 0.352 e. The second-order valence-corrected chi connectivity index (χ2v) is 3.02. The van der Waals surface area contributed by atoms with Crippen molar-refractivity contribution in [2.45, 2.75) is 13.0 Å². The van der Waals surface area contributed by atoms with Crippen molar-refractivity contribution < 1.29 is 9.90 Å². The van der Waals surface area contributed by atoms with Gasteiger partial charge in [0.25, 0.3) is 0 Å². The van der Waals surface area contributed by atoms with Crippen LogP contribution < -0.4 is 5.32 Å². The summed E-state index contributed by atoms with van der Waals surface area (Å²) >= 11 is 0. The molecule has 0 amide bonds. The van der Waals surface area contributed by atoms with E-state index in [2.05, 4.69) is 5.32 Å². The molecule has 1 aromatic heterocycles. The Kier molecular flexibility index (Phi) is 2.72. The molecule has 0 spiro atoms. The highest BCUT2D eigenvalue weighted by molar-refractivity contribution is 5.86. The standard InChI is InChI=1S/C9H14N2O2/c1-6(10-2)7-4-5-8(9(12)13)11(7)3/h4-6,10H,1-3H3,(H,12,13). The number of carbonyl (C=O) groups is 1. The molecule has 1 rings (SSSR count). The van der Waals surface area contributed by atoms with Gasteiger partial charge in [-0.1, -0.05) is 0 Å². The number of carboxylic acids is 1. The van der Waals surface area contributed by atoms with Crippen LogP contribution in [-0.2, 0) is 7.05 Å². The van der Waals surface area contributed by atoms with Crippen LogP contribution in [0.4, 0.5) is 0 Å². The molecule has 1 heterocycles. The van der Waals surface area contributed by atoms with Gasteiger partial charge in [-0.2, -0.15) is 0 Å². The molecule has 2 N–H and O–H groups in total. The van der Waals surface area contributed by atoms with E-state index >= 15 is 0 Å². The van der Waals surface area contributed by atoms with E-state index in [4.69, 9.17) is 5.11 Å². The predicted molar refractivity (Wildman–Crippen MR) is 49.8 cm³/mol. The van der Waals surface area contributed by atoms with Crippen LogP contribution in [0.3, 0.4) is 0 Å². The Morgan fingerprint density at radius 1 is 1.62 bits per heavy atom. The lowest BCUT2D eigenvalue weighted by atomic mass is 10.2. The van der Waals surface area contributed by atoms with Gasteiger partial charge < -0.3 is 15.0 Å². The first kappa shape index (κ1) is 9.80. The van der Waals surface area contributed by atoms with E-state index < -0.39 is 5.97 Å². The van der Waals surface area contributed by atoms with Crippen LogP contribution in [0.1, 0.15) is 29.1 Å². The number of nitrogens with zero attached hydrogens (tertiary/aromatic N) is 1. The van der Waals surface area contributed by atoms with Gasteiger partial charge in [-0.15, -0.1) is 0 Å². The van der Waals surface area contributed by atoms with Crippen molar-refractivity contribution in [3.8, 4) is 0 Å². The van der Waals surface area contributed by atoms with E-state index in [1.165, 1.54) is 0 Å². The molecule has 72 valence electrons. The average molecular weight is 182 g/mol. The molecule has 0 saturated carbocycles. The fourth-order valence-corrected chi connectivity index (χ4v) is 1.32. The fourth-order valence-electron chi connectivity index (χ4n) is 1.32. The SMILES string of the molecule is CNC(C)c1ccc(C(=O)O)n1C. The molecule has 1 aromatic rings. The van der Waals surface area contributed by atoms with Crippen molar-refractivity contribution in [1.29, 1.82) is 0 Å². The lowest BCUT2D eigenvalue weighted by molar-refractivity contribution is 0.0686. The van der Waals surface area contributed by atoms with Crippen molar-refractivity contribution in [1.82, 2.24) is 9.88 Å². The second-order valence-electron chi connectivity index (χ2n) is 3.02. The van der Waals surface area contributed by atoms with Crippen molar-refractivity contribution in [3.05, 3.63) is 23.5 Å². The van der Waals surface area contributed by atoms with E-state index in [0.717, 1.165) is 5.69 Å². The zero-order valence-electron chi connectivity index (χ0n) is 8.03. The van der Waals surface area contributed by atoms with Crippen LogP contribution in [0.5, 0.6) is 0 Å². The molecule has 0 aliphatic carbocycles. The normalized spacial score (nSPS) is 12.8. The Labute approximate surface area is 77.2 Å². The van der Waals surface area contributed by atoms with Gasteiger partial charge in [0, 0.05) is 18.8 Å².